The number of carbonyl (C=O) groups is 1. The fraction of sp³-hybridized carbons (Fsp3) is 0.394. The Hall–Kier alpha value is -3.75. The Labute approximate surface area is 240 Å². The number of hydrogen-bond acceptors (Lipinski definition) is 6. The van der Waals surface area contributed by atoms with Gasteiger partial charge in [-0.3, -0.25) is 9.69 Å². The molecule has 3 aromatic carbocycles. The zero-order valence-corrected chi connectivity index (χ0v) is 23.4. The number of aryl methyl sites for hydroxylation is 3. The average Bonchev–Trinajstić information content (AvgIpc) is 3.39. The van der Waals surface area contributed by atoms with Crippen LogP contribution >= 0.6 is 0 Å². The Morgan fingerprint density at radius 1 is 1.00 bits per heavy atom. The molecule has 0 spiro atoms. The van der Waals surface area contributed by atoms with E-state index < -0.39 is 5.97 Å². The third-order valence-corrected chi connectivity index (χ3v) is 7.93. The van der Waals surface area contributed by atoms with Crippen molar-refractivity contribution in [3.63, 3.8) is 0 Å². The summed E-state index contributed by atoms with van der Waals surface area (Å²) in [6.07, 6.45) is 5.06. The topological polar surface area (TPSA) is 102 Å². The molecule has 1 saturated heterocycles. The molecule has 0 atom stereocenters. The molecular formula is C33H38FN3O4. The fourth-order valence-corrected chi connectivity index (χ4v) is 5.76. The highest BCUT2D eigenvalue weighted by Crippen LogP contribution is 2.32. The molecule has 4 aromatic rings. The second-order valence-corrected chi connectivity index (χ2v) is 10.9. The van der Waals surface area contributed by atoms with Gasteiger partial charge in [-0.05, 0) is 98.6 Å². The fourth-order valence-electron chi connectivity index (χ4n) is 5.76. The summed E-state index contributed by atoms with van der Waals surface area (Å²) in [4.78, 5) is 13.5. The van der Waals surface area contributed by atoms with Crippen LogP contribution in [0.1, 0.15) is 53.1 Å². The van der Waals surface area contributed by atoms with Gasteiger partial charge in [0.1, 0.15) is 18.2 Å². The van der Waals surface area contributed by atoms with Crippen LogP contribution in [0.3, 0.4) is 0 Å². The predicted octanol–water partition coefficient (Wildman–Crippen LogP) is 5.53. The first-order valence-corrected chi connectivity index (χ1v) is 14.5. The second-order valence-electron chi connectivity index (χ2n) is 10.9. The van der Waals surface area contributed by atoms with Crippen LogP contribution in [-0.2, 0) is 30.5 Å². The highest BCUT2D eigenvalue weighted by atomic mass is 19.1. The van der Waals surface area contributed by atoms with Gasteiger partial charge in [0.15, 0.2) is 5.58 Å². The molecule has 5 rings (SSSR count). The van der Waals surface area contributed by atoms with Crippen molar-refractivity contribution < 1.29 is 23.6 Å². The molecule has 0 saturated carbocycles. The Kier molecular flexibility index (Phi) is 9.64. The maximum Gasteiger partial charge on any atom is 0.303 e. The molecule has 0 radical (unpaired) electrons. The van der Waals surface area contributed by atoms with Crippen molar-refractivity contribution in [2.45, 2.75) is 50.9 Å². The van der Waals surface area contributed by atoms with Gasteiger partial charge in [0, 0.05) is 30.3 Å². The SMILES string of the molecule is NCCc1cc(CCC(=O)O)cc(CCc2ccccc2OCCN2CCC(c3noc4cc(F)ccc34)CC2)c1. The number of benzene rings is 3. The number of para-hydroxylation sites is 1. The Bertz CT molecular complexity index is 1460. The summed E-state index contributed by atoms with van der Waals surface area (Å²) >= 11 is 0. The van der Waals surface area contributed by atoms with E-state index in [0.29, 0.717) is 31.1 Å². The van der Waals surface area contributed by atoms with Gasteiger partial charge in [-0.1, -0.05) is 41.6 Å². The number of aliphatic carboxylic acids is 1. The number of carboxylic acid groups (broad SMARTS) is 1. The number of piperidine rings is 1. The van der Waals surface area contributed by atoms with Crippen LogP contribution in [0.5, 0.6) is 5.75 Å². The predicted molar refractivity (Wildman–Crippen MR) is 157 cm³/mol. The summed E-state index contributed by atoms with van der Waals surface area (Å²) in [5, 5.41) is 14.3. The third kappa shape index (κ3) is 7.71. The highest BCUT2D eigenvalue weighted by molar-refractivity contribution is 5.79. The first-order valence-electron chi connectivity index (χ1n) is 14.5. The maximum atomic E-state index is 13.5. The Morgan fingerprint density at radius 2 is 1.73 bits per heavy atom. The van der Waals surface area contributed by atoms with Crippen LogP contribution in [0.4, 0.5) is 4.39 Å². The molecule has 0 aliphatic carbocycles. The molecule has 216 valence electrons. The molecule has 1 aliphatic heterocycles. The Morgan fingerprint density at radius 3 is 2.49 bits per heavy atom. The zero-order valence-electron chi connectivity index (χ0n) is 23.4. The van der Waals surface area contributed by atoms with E-state index in [2.05, 4.69) is 34.3 Å². The number of fused-ring (bicyclic) bond motifs is 1. The molecule has 0 unspecified atom stereocenters. The number of hydrogen-bond donors (Lipinski definition) is 2. The zero-order chi connectivity index (χ0) is 28.6. The van der Waals surface area contributed by atoms with Crippen LogP contribution in [-0.4, -0.2) is 53.9 Å². The number of likely N-dealkylation sites (tertiary alicyclic amines) is 1. The number of carboxylic acids is 1. The first kappa shape index (κ1) is 28.8. The summed E-state index contributed by atoms with van der Waals surface area (Å²) in [7, 11) is 0. The molecule has 1 aromatic heterocycles. The van der Waals surface area contributed by atoms with E-state index in [1.54, 1.807) is 6.07 Å². The molecule has 0 bridgehead atoms. The lowest BCUT2D eigenvalue weighted by Crippen LogP contribution is -2.36. The normalized spacial score (nSPS) is 14.5. The second kappa shape index (κ2) is 13.7. The van der Waals surface area contributed by atoms with E-state index in [1.807, 2.05) is 18.2 Å². The lowest BCUT2D eigenvalue weighted by molar-refractivity contribution is -0.136. The van der Waals surface area contributed by atoms with E-state index in [0.717, 1.165) is 85.3 Å². The minimum Gasteiger partial charge on any atom is -0.492 e. The summed E-state index contributed by atoms with van der Waals surface area (Å²) < 4.78 is 25.1. The van der Waals surface area contributed by atoms with Crippen LogP contribution in [0.2, 0.25) is 0 Å². The van der Waals surface area contributed by atoms with Gasteiger partial charge in [-0.25, -0.2) is 4.39 Å². The van der Waals surface area contributed by atoms with Crippen molar-refractivity contribution in [3.05, 3.63) is 94.4 Å². The Balaban J connectivity index is 1.12. The van der Waals surface area contributed by atoms with Gasteiger partial charge in [-0.15, -0.1) is 0 Å². The summed E-state index contributed by atoms with van der Waals surface area (Å²) in [6.45, 7) is 3.93. The van der Waals surface area contributed by atoms with Gasteiger partial charge in [-0.2, -0.15) is 0 Å². The van der Waals surface area contributed by atoms with Gasteiger partial charge < -0.3 is 20.1 Å². The summed E-state index contributed by atoms with van der Waals surface area (Å²) in [5.74, 6) is 0.128. The van der Waals surface area contributed by atoms with Gasteiger partial charge in [0.2, 0.25) is 0 Å². The standard InChI is InChI=1S/C33H38FN3O4/c34-28-8-9-29-31(22-28)41-36-33(29)27-12-15-37(16-13-27)17-18-40-30-4-2-1-3-26(30)7-5-23-19-24(6-10-32(38)39)21-25(20-23)11-14-35/h1-4,8-9,19-22,27H,5-7,10-18,35H2,(H,38,39). The third-order valence-electron chi connectivity index (χ3n) is 7.93. The van der Waals surface area contributed by atoms with Gasteiger partial charge in [0.25, 0.3) is 0 Å². The number of ether oxygens (including phenoxy) is 1. The number of rotatable bonds is 13. The molecule has 0 amide bonds. The van der Waals surface area contributed by atoms with Crippen LogP contribution in [0, 0.1) is 5.82 Å². The monoisotopic (exact) mass is 559 g/mol. The van der Waals surface area contributed by atoms with E-state index >= 15 is 0 Å². The van der Waals surface area contributed by atoms with Crippen LogP contribution in [0.15, 0.2) is 65.2 Å². The first-order chi connectivity index (χ1) is 20.0. The van der Waals surface area contributed by atoms with Crippen molar-refractivity contribution >= 4 is 16.9 Å². The molecule has 7 nitrogen and oxygen atoms in total. The van der Waals surface area contributed by atoms with Crippen molar-refractivity contribution in [1.82, 2.24) is 10.1 Å². The van der Waals surface area contributed by atoms with E-state index in [9.17, 15) is 9.18 Å². The molecule has 8 heteroatoms. The summed E-state index contributed by atoms with van der Waals surface area (Å²) in [5.41, 5.74) is 11.8. The molecule has 1 fully saturated rings. The van der Waals surface area contributed by atoms with E-state index in [-0.39, 0.29) is 12.2 Å². The largest absolute Gasteiger partial charge is 0.492 e. The highest BCUT2D eigenvalue weighted by Gasteiger charge is 2.25. The van der Waals surface area contributed by atoms with Crippen LogP contribution < -0.4 is 10.5 Å². The van der Waals surface area contributed by atoms with E-state index in [1.165, 1.54) is 17.7 Å². The molecular weight excluding hydrogens is 521 g/mol. The molecule has 2 heterocycles. The van der Waals surface area contributed by atoms with Crippen molar-refractivity contribution in [2.24, 2.45) is 5.73 Å². The van der Waals surface area contributed by atoms with Crippen molar-refractivity contribution in [3.8, 4) is 5.75 Å². The lowest BCUT2D eigenvalue weighted by Gasteiger charge is -2.31. The number of aromatic nitrogens is 1. The average molecular weight is 560 g/mol. The van der Waals surface area contributed by atoms with E-state index in [4.69, 9.17) is 20.1 Å². The lowest BCUT2D eigenvalue weighted by atomic mass is 9.91. The molecule has 1 aliphatic rings. The minimum atomic E-state index is -0.785. The van der Waals surface area contributed by atoms with Crippen LogP contribution in [0.25, 0.3) is 11.0 Å². The number of halogens is 1. The maximum absolute atomic E-state index is 13.5. The summed E-state index contributed by atoms with van der Waals surface area (Å²) in [6, 6.07) is 19.2. The molecule has 41 heavy (non-hydrogen) atoms. The van der Waals surface area contributed by atoms with Crippen molar-refractivity contribution in [1.29, 1.82) is 0 Å². The van der Waals surface area contributed by atoms with Gasteiger partial charge in [0.05, 0.1) is 5.69 Å². The minimum absolute atomic E-state index is 0.123. The van der Waals surface area contributed by atoms with Crippen molar-refractivity contribution in [2.75, 3.05) is 32.8 Å². The van der Waals surface area contributed by atoms with Gasteiger partial charge >= 0.3 is 5.97 Å². The smallest absolute Gasteiger partial charge is 0.303 e. The number of nitrogens with two attached hydrogens (primary N) is 1. The molecule has 3 N–H and O–H groups in total. The number of nitrogens with zero attached hydrogens (tertiary/aromatic N) is 2. The quantitative estimate of drug-likeness (QED) is 0.222.